The number of urea groups is 1. The lowest BCUT2D eigenvalue weighted by Crippen LogP contribution is -2.45. The monoisotopic (exact) mass is 355 g/mol. The number of carbonyl (C=O) groups excluding carboxylic acids is 3. The number of furan rings is 1. The lowest BCUT2D eigenvalue weighted by atomic mass is 9.92. The first-order valence-corrected chi connectivity index (χ1v) is 8.41. The molecule has 7 heteroatoms. The fourth-order valence-electron chi connectivity index (χ4n) is 3.05. The number of hydrogen-bond acceptors (Lipinski definition) is 4. The summed E-state index contributed by atoms with van der Waals surface area (Å²) in [7, 11) is 0. The van der Waals surface area contributed by atoms with Crippen LogP contribution in [0.5, 0.6) is 0 Å². The first kappa shape index (κ1) is 17.7. The molecule has 3 rings (SSSR count). The van der Waals surface area contributed by atoms with Gasteiger partial charge in [-0.05, 0) is 31.5 Å². The molecule has 1 fully saturated rings. The van der Waals surface area contributed by atoms with Crippen molar-refractivity contribution in [1.29, 1.82) is 0 Å². The third kappa shape index (κ3) is 3.46. The number of hydrogen-bond donors (Lipinski definition) is 2. The molecule has 1 aromatic carbocycles. The van der Waals surface area contributed by atoms with Crippen molar-refractivity contribution in [2.45, 2.75) is 31.8 Å². The van der Waals surface area contributed by atoms with E-state index < -0.39 is 23.4 Å². The molecule has 1 aliphatic rings. The van der Waals surface area contributed by atoms with E-state index in [0.717, 1.165) is 10.7 Å². The van der Waals surface area contributed by atoms with Gasteiger partial charge in [0.1, 0.15) is 17.8 Å². The van der Waals surface area contributed by atoms with Crippen LogP contribution in [0.2, 0.25) is 0 Å². The minimum absolute atomic E-state index is 0.185. The second-order valence-corrected chi connectivity index (χ2v) is 6.56. The second-order valence-electron chi connectivity index (χ2n) is 6.56. The van der Waals surface area contributed by atoms with Crippen molar-refractivity contribution >= 4 is 17.8 Å². The maximum atomic E-state index is 12.8. The standard InChI is InChI=1S/C19H21N3O4/c1-13(11-15-9-6-10-26-15)20-16(23)12-22-17(24)19(2,21-18(22)25)14-7-4-3-5-8-14/h3-10,13H,11-12H2,1-2H3,(H,20,23)(H,21,25). The van der Waals surface area contributed by atoms with Crippen LogP contribution in [0.1, 0.15) is 25.2 Å². The Hall–Kier alpha value is -3.09. The molecule has 1 aliphatic heterocycles. The highest BCUT2D eigenvalue weighted by molar-refractivity contribution is 6.09. The molecule has 0 saturated carbocycles. The summed E-state index contributed by atoms with van der Waals surface area (Å²) < 4.78 is 5.25. The van der Waals surface area contributed by atoms with Gasteiger partial charge in [0.2, 0.25) is 5.91 Å². The zero-order chi connectivity index (χ0) is 18.7. The molecule has 0 bridgehead atoms. The summed E-state index contributed by atoms with van der Waals surface area (Å²) in [6.07, 6.45) is 2.10. The summed E-state index contributed by atoms with van der Waals surface area (Å²) >= 11 is 0. The van der Waals surface area contributed by atoms with Crippen LogP contribution in [0.3, 0.4) is 0 Å². The average Bonchev–Trinajstić information content (AvgIpc) is 3.18. The maximum absolute atomic E-state index is 12.8. The molecule has 7 nitrogen and oxygen atoms in total. The number of carbonyl (C=O) groups is 3. The number of nitrogens with zero attached hydrogens (tertiary/aromatic N) is 1. The molecule has 2 aromatic rings. The van der Waals surface area contributed by atoms with Gasteiger partial charge in [-0.3, -0.25) is 14.5 Å². The molecule has 0 spiro atoms. The lowest BCUT2D eigenvalue weighted by molar-refractivity contribution is -0.135. The van der Waals surface area contributed by atoms with Crippen molar-refractivity contribution < 1.29 is 18.8 Å². The highest BCUT2D eigenvalue weighted by Crippen LogP contribution is 2.28. The van der Waals surface area contributed by atoms with Crippen molar-refractivity contribution in [1.82, 2.24) is 15.5 Å². The molecule has 1 saturated heterocycles. The van der Waals surface area contributed by atoms with Crippen molar-refractivity contribution in [2.75, 3.05) is 6.54 Å². The molecule has 0 aliphatic carbocycles. The van der Waals surface area contributed by atoms with Crippen LogP contribution in [-0.4, -0.2) is 35.3 Å². The second kappa shape index (κ2) is 7.03. The van der Waals surface area contributed by atoms with E-state index in [1.165, 1.54) is 0 Å². The molecule has 2 atom stereocenters. The van der Waals surface area contributed by atoms with Crippen LogP contribution in [0.15, 0.2) is 53.1 Å². The summed E-state index contributed by atoms with van der Waals surface area (Å²) in [4.78, 5) is 38.2. The van der Waals surface area contributed by atoms with E-state index in [-0.39, 0.29) is 12.6 Å². The largest absolute Gasteiger partial charge is 0.469 e. The summed E-state index contributed by atoms with van der Waals surface area (Å²) in [5, 5.41) is 5.46. The third-order valence-corrected chi connectivity index (χ3v) is 4.42. The molecular weight excluding hydrogens is 334 g/mol. The van der Waals surface area contributed by atoms with Crippen LogP contribution in [0.4, 0.5) is 4.79 Å². The molecule has 2 heterocycles. The Balaban J connectivity index is 1.63. The van der Waals surface area contributed by atoms with E-state index in [0.29, 0.717) is 12.0 Å². The van der Waals surface area contributed by atoms with Gasteiger partial charge in [0.05, 0.1) is 6.26 Å². The van der Waals surface area contributed by atoms with Gasteiger partial charge in [0, 0.05) is 12.5 Å². The minimum Gasteiger partial charge on any atom is -0.469 e. The van der Waals surface area contributed by atoms with Crippen molar-refractivity contribution in [3.63, 3.8) is 0 Å². The van der Waals surface area contributed by atoms with E-state index in [4.69, 9.17) is 4.42 Å². The number of amides is 4. The number of benzene rings is 1. The van der Waals surface area contributed by atoms with Crippen LogP contribution in [0.25, 0.3) is 0 Å². The summed E-state index contributed by atoms with van der Waals surface area (Å²) in [6, 6.07) is 11.8. The highest BCUT2D eigenvalue weighted by atomic mass is 16.3. The molecular formula is C19H21N3O4. The SMILES string of the molecule is CC(Cc1ccco1)NC(=O)CN1C(=O)NC(C)(c2ccccc2)C1=O. The number of rotatable bonds is 6. The highest BCUT2D eigenvalue weighted by Gasteiger charge is 2.49. The quantitative estimate of drug-likeness (QED) is 0.773. The number of imide groups is 1. The van der Waals surface area contributed by atoms with Gasteiger partial charge < -0.3 is 15.1 Å². The first-order valence-electron chi connectivity index (χ1n) is 8.41. The topological polar surface area (TPSA) is 91.7 Å². The Morgan fingerprint density at radius 1 is 1.23 bits per heavy atom. The Bertz CT molecular complexity index is 803. The summed E-state index contributed by atoms with van der Waals surface area (Å²) in [6.45, 7) is 3.15. The van der Waals surface area contributed by atoms with Gasteiger partial charge in [-0.1, -0.05) is 30.3 Å². The summed E-state index contributed by atoms with van der Waals surface area (Å²) in [5.74, 6) is -0.0862. The molecule has 4 amide bonds. The molecule has 0 radical (unpaired) electrons. The Morgan fingerprint density at radius 3 is 2.62 bits per heavy atom. The van der Waals surface area contributed by atoms with Crippen LogP contribution < -0.4 is 10.6 Å². The van der Waals surface area contributed by atoms with E-state index in [1.54, 1.807) is 43.5 Å². The Morgan fingerprint density at radius 2 is 1.96 bits per heavy atom. The van der Waals surface area contributed by atoms with Gasteiger partial charge in [-0.25, -0.2) is 4.79 Å². The molecule has 2 unspecified atom stereocenters. The number of nitrogens with one attached hydrogen (secondary N) is 2. The van der Waals surface area contributed by atoms with Crippen LogP contribution in [-0.2, 0) is 21.5 Å². The van der Waals surface area contributed by atoms with Crippen LogP contribution in [0, 0.1) is 0 Å². The van der Waals surface area contributed by atoms with E-state index >= 15 is 0 Å². The Kier molecular flexibility index (Phi) is 4.79. The fourth-order valence-corrected chi connectivity index (χ4v) is 3.05. The zero-order valence-electron chi connectivity index (χ0n) is 14.7. The third-order valence-electron chi connectivity index (χ3n) is 4.42. The summed E-state index contributed by atoms with van der Waals surface area (Å²) in [5.41, 5.74) is -0.495. The fraction of sp³-hybridized carbons (Fsp3) is 0.316. The molecule has 1 aromatic heterocycles. The minimum atomic E-state index is -1.17. The Labute approximate surface area is 151 Å². The normalized spacial score (nSPS) is 20.8. The van der Waals surface area contributed by atoms with E-state index in [9.17, 15) is 14.4 Å². The molecule has 136 valence electrons. The van der Waals surface area contributed by atoms with Crippen molar-refractivity contribution in [2.24, 2.45) is 0 Å². The lowest BCUT2D eigenvalue weighted by Gasteiger charge is -2.22. The maximum Gasteiger partial charge on any atom is 0.325 e. The van der Waals surface area contributed by atoms with Gasteiger partial charge in [-0.15, -0.1) is 0 Å². The predicted octanol–water partition coefficient (Wildman–Crippen LogP) is 1.79. The van der Waals surface area contributed by atoms with Gasteiger partial charge in [0.15, 0.2) is 0 Å². The first-order chi connectivity index (χ1) is 12.4. The average molecular weight is 355 g/mol. The van der Waals surface area contributed by atoms with E-state index in [2.05, 4.69) is 10.6 Å². The van der Waals surface area contributed by atoms with Gasteiger partial charge in [0.25, 0.3) is 5.91 Å². The van der Waals surface area contributed by atoms with Crippen LogP contribution >= 0.6 is 0 Å². The van der Waals surface area contributed by atoms with E-state index in [1.807, 2.05) is 19.1 Å². The van der Waals surface area contributed by atoms with Gasteiger partial charge >= 0.3 is 6.03 Å². The smallest absolute Gasteiger partial charge is 0.325 e. The molecule has 2 N–H and O–H groups in total. The predicted molar refractivity (Wildman–Crippen MR) is 94.1 cm³/mol. The van der Waals surface area contributed by atoms with Crippen molar-refractivity contribution in [3.8, 4) is 0 Å². The molecule has 26 heavy (non-hydrogen) atoms. The van der Waals surface area contributed by atoms with Gasteiger partial charge in [-0.2, -0.15) is 0 Å². The van der Waals surface area contributed by atoms with Crippen molar-refractivity contribution in [3.05, 3.63) is 60.1 Å². The zero-order valence-corrected chi connectivity index (χ0v) is 14.7.